The van der Waals surface area contributed by atoms with Gasteiger partial charge in [0.1, 0.15) is 0 Å². The quantitative estimate of drug-likeness (QED) is 0.602. The zero-order valence-electron chi connectivity index (χ0n) is 7.25. The molecular formula is C10H14N2. The van der Waals surface area contributed by atoms with Crippen molar-refractivity contribution in [2.75, 3.05) is 6.54 Å². The first-order valence-corrected chi connectivity index (χ1v) is 4.28. The lowest BCUT2D eigenvalue weighted by atomic mass is 9.79. The average molecular weight is 162 g/mol. The van der Waals surface area contributed by atoms with Crippen molar-refractivity contribution in [1.82, 2.24) is 5.32 Å². The highest BCUT2D eigenvalue weighted by atomic mass is 14.9. The fourth-order valence-corrected chi connectivity index (χ4v) is 1.81. The zero-order valence-corrected chi connectivity index (χ0v) is 7.25. The van der Waals surface area contributed by atoms with Crippen LogP contribution in [0.4, 0.5) is 0 Å². The normalized spacial score (nSPS) is 37.5. The van der Waals surface area contributed by atoms with E-state index in [4.69, 9.17) is 5.73 Å². The molecule has 2 unspecified atom stereocenters. The van der Waals surface area contributed by atoms with Gasteiger partial charge in [0.05, 0.1) is 6.04 Å². The van der Waals surface area contributed by atoms with Crippen LogP contribution in [0.2, 0.25) is 0 Å². The molecule has 2 heteroatoms. The van der Waals surface area contributed by atoms with Gasteiger partial charge in [0, 0.05) is 12.0 Å². The Morgan fingerprint density at radius 3 is 3.25 bits per heavy atom. The van der Waals surface area contributed by atoms with E-state index in [1.807, 2.05) is 6.20 Å². The van der Waals surface area contributed by atoms with Crippen LogP contribution in [0.15, 0.2) is 36.1 Å². The van der Waals surface area contributed by atoms with Crippen LogP contribution in [-0.2, 0) is 0 Å². The third kappa shape index (κ3) is 0.994. The Hall–Kier alpha value is -1.02. The van der Waals surface area contributed by atoms with Crippen molar-refractivity contribution < 1.29 is 0 Å². The summed E-state index contributed by atoms with van der Waals surface area (Å²) in [5.74, 6) is 0. The molecule has 2 nitrogen and oxygen atoms in total. The molecule has 0 amide bonds. The number of nitrogens with one attached hydrogen (secondary N) is 1. The van der Waals surface area contributed by atoms with E-state index in [2.05, 4.69) is 36.5 Å². The molecule has 0 radical (unpaired) electrons. The van der Waals surface area contributed by atoms with Crippen molar-refractivity contribution in [3.05, 3.63) is 36.1 Å². The Kier molecular flexibility index (Phi) is 1.58. The van der Waals surface area contributed by atoms with Gasteiger partial charge >= 0.3 is 0 Å². The van der Waals surface area contributed by atoms with E-state index in [1.165, 1.54) is 5.57 Å². The molecule has 1 aliphatic heterocycles. The highest BCUT2D eigenvalue weighted by Crippen LogP contribution is 2.34. The van der Waals surface area contributed by atoms with E-state index >= 15 is 0 Å². The topological polar surface area (TPSA) is 38.0 Å². The number of rotatable bonds is 1. The minimum Gasteiger partial charge on any atom is -0.384 e. The van der Waals surface area contributed by atoms with Crippen molar-refractivity contribution in [2.45, 2.75) is 13.0 Å². The third-order valence-electron chi connectivity index (χ3n) is 2.62. The first-order chi connectivity index (χ1) is 5.74. The SMILES string of the molecule is CC12C=CNC1C=CC(CN)=C2. The summed E-state index contributed by atoms with van der Waals surface area (Å²) in [4.78, 5) is 0. The van der Waals surface area contributed by atoms with Crippen LogP contribution in [-0.4, -0.2) is 12.6 Å². The van der Waals surface area contributed by atoms with E-state index in [0.717, 1.165) is 0 Å². The lowest BCUT2D eigenvalue weighted by molar-refractivity contribution is 0.468. The molecule has 0 aromatic heterocycles. The number of nitrogens with two attached hydrogens (primary N) is 1. The monoisotopic (exact) mass is 162 g/mol. The standard InChI is InChI=1S/C10H14N2/c1-10-4-5-12-9(10)3-2-8(6-10)7-11/h2-6,9,12H,7,11H2,1H3. The average Bonchev–Trinajstić information content (AvgIpc) is 2.44. The van der Waals surface area contributed by atoms with Crippen LogP contribution in [0.5, 0.6) is 0 Å². The Balaban J connectivity index is 2.32. The lowest BCUT2D eigenvalue weighted by Crippen LogP contribution is -2.34. The van der Waals surface area contributed by atoms with E-state index in [1.54, 1.807) is 0 Å². The molecule has 12 heavy (non-hydrogen) atoms. The van der Waals surface area contributed by atoms with Crippen molar-refractivity contribution in [3.8, 4) is 0 Å². The molecule has 1 heterocycles. The van der Waals surface area contributed by atoms with Crippen molar-refractivity contribution in [1.29, 1.82) is 0 Å². The van der Waals surface area contributed by atoms with Gasteiger partial charge in [-0.1, -0.05) is 31.2 Å². The maximum absolute atomic E-state index is 5.58. The molecular weight excluding hydrogens is 148 g/mol. The summed E-state index contributed by atoms with van der Waals surface area (Å²) in [6.45, 7) is 2.85. The molecule has 2 atom stereocenters. The van der Waals surface area contributed by atoms with E-state index in [9.17, 15) is 0 Å². The van der Waals surface area contributed by atoms with Gasteiger partial charge in [0.25, 0.3) is 0 Å². The number of hydrogen-bond acceptors (Lipinski definition) is 2. The van der Waals surface area contributed by atoms with E-state index in [-0.39, 0.29) is 5.41 Å². The van der Waals surface area contributed by atoms with Gasteiger partial charge in [-0.05, 0) is 11.8 Å². The number of hydrogen-bond donors (Lipinski definition) is 2. The molecule has 0 saturated carbocycles. The minimum atomic E-state index is 0.142. The summed E-state index contributed by atoms with van der Waals surface area (Å²) >= 11 is 0. The van der Waals surface area contributed by atoms with Crippen molar-refractivity contribution in [3.63, 3.8) is 0 Å². The summed E-state index contributed by atoms with van der Waals surface area (Å²) in [6, 6.07) is 0.424. The highest BCUT2D eigenvalue weighted by molar-refractivity contribution is 5.37. The second-order valence-electron chi connectivity index (χ2n) is 3.63. The Bertz CT molecular complexity index is 276. The molecule has 3 N–H and O–H groups in total. The molecule has 0 fully saturated rings. The fourth-order valence-electron chi connectivity index (χ4n) is 1.81. The Labute approximate surface area is 72.8 Å². The first kappa shape index (κ1) is 7.62. The summed E-state index contributed by atoms with van der Waals surface area (Å²) in [6.07, 6.45) is 10.7. The van der Waals surface area contributed by atoms with Crippen LogP contribution in [0.1, 0.15) is 6.92 Å². The van der Waals surface area contributed by atoms with Gasteiger partial charge in [-0.3, -0.25) is 0 Å². The fraction of sp³-hybridized carbons (Fsp3) is 0.400. The predicted octanol–water partition coefficient (Wildman–Crippen LogP) is 0.933. The maximum atomic E-state index is 5.58. The van der Waals surface area contributed by atoms with E-state index < -0.39 is 0 Å². The van der Waals surface area contributed by atoms with Gasteiger partial charge < -0.3 is 11.1 Å². The second kappa shape index (κ2) is 2.49. The van der Waals surface area contributed by atoms with Crippen molar-refractivity contribution in [2.24, 2.45) is 11.1 Å². The molecule has 1 aliphatic carbocycles. The van der Waals surface area contributed by atoms with Crippen LogP contribution in [0.3, 0.4) is 0 Å². The van der Waals surface area contributed by atoms with Crippen molar-refractivity contribution >= 4 is 0 Å². The summed E-state index contributed by atoms with van der Waals surface area (Å²) in [5.41, 5.74) is 6.95. The molecule has 0 aromatic rings. The second-order valence-corrected chi connectivity index (χ2v) is 3.63. The largest absolute Gasteiger partial charge is 0.384 e. The molecule has 0 bridgehead atoms. The zero-order chi connectivity index (χ0) is 8.60. The third-order valence-corrected chi connectivity index (χ3v) is 2.62. The summed E-state index contributed by atoms with van der Waals surface area (Å²) < 4.78 is 0. The van der Waals surface area contributed by atoms with Gasteiger partial charge in [-0.25, -0.2) is 0 Å². The summed E-state index contributed by atoms with van der Waals surface area (Å²) in [7, 11) is 0. The van der Waals surface area contributed by atoms with Crippen LogP contribution in [0, 0.1) is 5.41 Å². The Morgan fingerprint density at radius 1 is 1.67 bits per heavy atom. The van der Waals surface area contributed by atoms with Gasteiger partial charge in [0.15, 0.2) is 0 Å². The molecule has 2 aliphatic rings. The highest BCUT2D eigenvalue weighted by Gasteiger charge is 2.32. The van der Waals surface area contributed by atoms with Crippen LogP contribution in [0.25, 0.3) is 0 Å². The molecule has 64 valence electrons. The Morgan fingerprint density at radius 2 is 2.50 bits per heavy atom. The molecule has 2 rings (SSSR count). The minimum absolute atomic E-state index is 0.142. The van der Waals surface area contributed by atoms with E-state index in [0.29, 0.717) is 12.6 Å². The van der Waals surface area contributed by atoms with Gasteiger partial charge in [-0.15, -0.1) is 0 Å². The lowest BCUT2D eigenvalue weighted by Gasteiger charge is -2.29. The maximum Gasteiger partial charge on any atom is 0.0565 e. The van der Waals surface area contributed by atoms with Crippen LogP contribution < -0.4 is 11.1 Å². The smallest absolute Gasteiger partial charge is 0.0565 e. The summed E-state index contributed by atoms with van der Waals surface area (Å²) in [5, 5.41) is 3.29. The van der Waals surface area contributed by atoms with Crippen LogP contribution >= 0.6 is 0 Å². The predicted molar refractivity (Wildman–Crippen MR) is 50.4 cm³/mol. The van der Waals surface area contributed by atoms with Gasteiger partial charge in [0.2, 0.25) is 0 Å². The molecule has 0 aromatic carbocycles. The molecule has 0 saturated heterocycles. The first-order valence-electron chi connectivity index (χ1n) is 4.28. The number of fused-ring (bicyclic) bond motifs is 1. The van der Waals surface area contributed by atoms with Gasteiger partial charge in [-0.2, -0.15) is 0 Å². The molecule has 0 spiro atoms.